The van der Waals surface area contributed by atoms with Crippen LogP contribution in [0.4, 0.5) is 0 Å². The number of amides is 2. The van der Waals surface area contributed by atoms with E-state index in [-0.39, 0.29) is 30.1 Å². The van der Waals surface area contributed by atoms with E-state index in [0.29, 0.717) is 12.1 Å². The molecule has 0 fully saturated rings. The van der Waals surface area contributed by atoms with Crippen LogP contribution in [0.2, 0.25) is 0 Å². The summed E-state index contributed by atoms with van der Waals surface area (Å²) in [6, 6.07) is 6.61. The highest BCUT2D eigenvalue weighted by Gasteiger charge is 2.16. The van der Waals surface area contributed by atoms with Crippen LogP contribution in [0, 0.1) is 5.92 Å². The van der Waals surface area contributed by atoms with Gasteiger partial charge in [0, 0.05) is 19.2 Å². The lowest BCUT2D eigenvalue weighted by Crippen LogP contribution is -2.43. The molecule has 0 aliphatic carbocycles. The second-order valence-corrected chi connectivity index (χ2v) is 4.77. The minimum absolute atomic E-state index is 0. The van der Waals surface area contributed by atoms with Gasteiger partial charge in [-0.15, -0.1) is 12.4 Å². The van der Waals surface area contributed by atoms with Gasteiger partial charge in [-0.25, -0.2) is 0 Å². The van der Waals surface area contributed by atoms with Gasteiger partial charge in [0.2, 0.25) is 5.91 Å². The molecule has 0 saturated carbocycles. The van der Waals surface area contributed by atoms with E-state index >= 15 is 0 Å². The largest absolute Gasteiger partial charge is 0.355 e. The molecule has 0 spiro atoms. The zero-order valence-electron chi connectivity index (χ0n) is 12.0. The normalized spacial score (nSPS) is 11.4. The van der Waals surface area contributed by atoms with E-state index in [0.717, 1.165) is 5.56 Å². The topological polar surface area (TPSA) is 84.2 Å². The summed E-state index contributed by atoms with van der Waals surface area (Å²) >= 11 is 0. The van der Waals surface area contributed by atoms with Crippen LogP contribution in [0.3, 0.4) is 0 Å². The van der Waals surface area contributed by atoms with E-state index in [2.05, 4.69) is 10.6 Å². The molecule has 0 saturated heterocycles. The summed E-state index contributed by atoms with van der Waals surface area (Å²) in [4.78, 5) is 23.2. The van der Waals surface area contributed by atoms with Crippen molar-refractivity contribution in [2.75, 3.05) is 7.05 Å². The predicted octanol–water partition coefficient (Wildman–Crippen LogP) is 1.07. The number of nitrogens with one attached hydrogen (secondary N) is 2. The van der Waals surface area contributed by atoms with E-state index < -0.39 is 6.04 Å². The summed E-state index contributed by atoms with van der Waals surface area (Å²) in [5.41, 5.74) is 7.19. The Kier molecular flexibility index (Phi) is 7.87. The molecule has 0 aliphatic rings. The number of halogens is 1. The maximum absolute atomic E-state index is 11.7. The molecule has 0 aliphatic heterocycles. The van der Waals surface area contributed by atoms with Crippen molar-refractivity contribution in [2.24, 2.45) is 11.7 Å². The van der Waals surface area contributed by atoms with E-state index in [1.165, 1.54) is 0 Å². The number of hydrogen-bond donors (Lipinski definition) is 3. The molecule has 1 atom stereocenters. The van der Waals surface area contributed by atoms with Gasteiger partial charge in [-0.05, 0) is 23.6 Å². The van der Waals surface area contributed by atoms with E-state index in [4.69, 9.17) is 5.73 Å². The van der Waals surface area contributed by atoms with Gasteiger partial charge in [-0.1, -0.05) is 26.0 Å². The highest BCUT2D eigenvalue weighted by atomic mass is 35.5. The van der Waals surface area contributed by atoms with Crippen LogP contribution >= 0.6 is 12.4 Å². The van der Waals surface area contributed by atoms with Gasteiger partial charge in [0.25, 0.3) is 5.91 Å². The first-order valence-electron chi connectivity index (χ1n) is 6.30. The molecule has 0 unspecified atom stereocenters. The first-order valence-corrected chi connectivity index (χ1v) is 6.30. The number of benzene rings is 1. The Bertz CT molecular complexity index is 463. The smallest absolute Gasteiger partial charge is 0.251 e. The third kappa shape index (κ3) is 5.19. The van der Waals surface area contributed by atoms with Crippen molar-refractivity contribution < 1.29 is 9.59 Å². The van der Waals surface area contributed by atoms with Crippen molar-refractivity contribution in [2.45, 2.75) is 26.4 Å². The van der Waals surface area contributed by atoms with Crippen LogP contribution in [-0.4, -0.2) is 24.9 Å². The van der Waals surface area contributed by atoms with Crippen molar-refractivity contribution in [3.8, 4) is 0 Å². The van der Waals surface area contributed by atoms with Crippen molar-refractivity contribution >= 4 is 24.2 Å². The zero-order chi connectivity index (χ0) is 14.4. The highest BCUT2D eigenvalue weighted by Crippen LogP contribution is 2.05. The minimum Gasteiger partial charge on any atom is -0.355 e. The van der Waals surface area contributed by atoms with Gasteiger partial charge < -0.3 is 16.4 Å². The second kappa shape index (κ2) is 8.55. The van der Waals surface area contributed by atoms with E-state index in [1.807, 2.05) is 19.9 Å². The number of nitrogens with two attached hydrogens (primary N) is 1. The van der Waals surface area contributed by atoms with Crippen LogP contribution in [-0.2, 0) is 11.3 Å². The molecule has 4 N–H and O–H groups in total. The lowest BCUT2D eigenvalue weighted by molar-refractivity contribution is -0.123. The van der Waals surface area contributed by atoms with Crippen LogP contribution in [0.1, 0.15) is 29.8 Å². The average molecular weight is 300 g/mol. The molecule has 6 heteroatoms. The van der Waals surface area contributed by atoms with Crippen molar-refractivity contribution in [3.63, 3.8) is 0 Å². The molecular formula is C14H22ClN3O2. The molecule has 20 heavy (non-hydrogen) atoms. The zero-order valence-corrected chi connectivity index (χ0v) is 12.8. The molecular weight excluding hydrogens is 278 g/mol. The maximum atomic E-state index is 11.7. The number of carbonyl (C=O) groups excluding carboxylic acids is 2. The Balaban J connectivity index is 0.00000361. The molecule has 1 aromatic rings. The second-order valence-electron chi connectivity index (χ2n) is 4.77. The highest BCUT2D eigenvalue weighted by molar-refractivity contribution is 5.94. The molecule has 1 aromatic carbocycles. The van der Waals surface area contributed by atoms with Crippen LogP contribution in [0.5, 0.6) is 0 Å². The monoisotopic (exact) mass is 299 g/mol. The van der Waals surface area contributed by atoms with Crippen LogP contribution in [0.25, 0.3) is 0 Å². The third-order valence-corrected chi connectivity index (χ3v) is 2.90. The van der Waals surface area contributed by atoms with Crippen molar-refractivity contribution in [1.82, 2.24) is 10.6 Å². The van der Waals surface area contributed by atoms with Crippen molar-refractivity contribution in [1.29, 1.82) is 0 Å². The molecule has 2 amide bonds. The van der Waals surface area contributed by atoms with Crippen LogP contribution in [0.15, 0.2) is 24.3 Å². The number of carbonyl (C=O) groups is 2. The first kappa shape index (κ1) is 18.4. The summed E-state index contributed by atoms with van der Waals surface area (Å²) in [7, 11) is 1.58. The maximum Gasteiger partial charge on any atom is 0.251 e. The van der Waals surface area contributed by atoms with Gasteiger partial charge in [0.1, 0.15) is 0 Å². The number of rotatable bonds is 5. The van der Waals surface area contributed by atoms with Gasteiger partial charge in [-0.3, -0.25) is 9.59 Å². The lowest BCUT2D eigenvalue weighted by Gasteiger charge is -2.15. The lowest BCUT2D eigenvalue weighted by atomic mass is 10.0. The fourth-order valence-corrected chi connectivity index (χ4v) is 1.58. The van der Waals surface area contributed by atoms with Gasteiger partial charge >= 0.3 is 0 Å². The van der Waals surface area contributed by atoms with E-state index in [9.17, 15) is 9.59 Å². The third-order valence-electron chi connectivity index (χ3n) is 2.90. The molecule has 112 valence electrons. The molecule has 0 heterocycles. The predicted molar refractivity (Wildman–Crippen MR) is 81.7 cm³/mol. The summed E-state index contributed by atoms with van der Waals surface area (Å²) in [5, 5.41) is 5.33. The Labute approximate surface area is 125 Å². The summed E-state index contributed by atoms with van der Waals surface area (Å²) < 4.78 is 0. The van der Waals surface area contributed by atoms with E-state index in [1.54, 1.807) is 25.2 Å². The molecule has 1 rings (SSSR count). The fourth-order valence-electron chi connectivity index (χ4n) is 1.58. The Morgan fingerprint density at radius 2 is 1.95 bits per heavy atom. The summed E-state index contributed by atoms with van der Waals surface area (Å²) in [5.74, 6) is -0.232. The molecule has 0 radical (unpaired) electrons. The average Bonchev–Trinajstić information content (AvgIpc) is 2.43. The molecule has 5 nitrogen and oxygen atoms in total. The van der Waals surface area contributed by atoms with Gasteiger partial charge in [0.05, 0.1) is 6.04 Å². The van der Waals surface area contributed by atoms with Crippen molar-refractivity contribution in [3.05, 3.63) is 35.4 Å². The van der Waals surface area contributed by atoms with Gasteiger partial charge in [-0.2, -0.15) is 0 Å². The minimum atomic E-state index is -0.512. The number of hydrogen-bond acceptors (Lipinski definition) is 3. The summed E-state index contributed by atoms with van der Waals surface area (Å²) in [6.07, 6.45) is 0. The van der Waals surface area contributed by atoms with Crippen LogP contribution < -0.4 is 16.4 Å². The summed E-state index contributed by atoms with van der Waals surface area (Å²) in [6.45, 7) is 4.16. The Morgan fingerprint density at radius 1 is 1.30 bits per heavy atom. The molecule has 0 aromatic heterocycles. The Hall–Kier alpha value is -1.59. The molecule has 0 bridgehead atoms. The van der Waals surface area contributed by atoms with Gasteiger partial charge in [0.15, 0.2) is 0 Å². The standard InChI is InChI=1S/C14H21N3O2.ClH/c1-9(2)12(15)14(19)17-8-10-5-4-6-11(7-10)13(18)16-3;/h4-7,9,12H,8,15H2,1-3H3,(H,16,18)(H,17,19);1H/t12-;/m0./s1. The SMILES string of the molecule is CNC(=O)c1cccc(CNC(=O)[C@@H](N)C(C)C)c1.Cl. The fraction of sp³-hybridized carbons (Fsp3) is 0.429. The first-order chi connectivity index (χ1) is 8.95. The quantitative estimate of drug-likeness (QED) is 0.760. The Morgan fingerprint density at radius 3 is 2.50 bits per heavy atom.